The second-order valence-corrected chi connectivity index (χ2v) is 6.10. The van der Waals surface area contributed by atoms with E-state index in [-0.39, 0.29) is 0 Å². The Kier molecular flexibility index (Phi) is 3.08. The predicted molar refractivity (Wildman–Crippen MR) is 95.1 cm³/mol. The van der Waals surface area contributed by atoms with E-state index in [2.05, 4.69) is 72.0 Å². The van der Waals surface area contributed by atoms with E-state index in [9.17, 15) is 0 Å². The molecule has 2 heterocycles. The zero-order valence-electron chi connectivity index (χ0n) is 13.6. The summed E-state index contributed by atoms with van der Waals surface area (Å²) in [6.45, 7) is 6.26. The van der Waals surface area contributed by atoms with Crippen molar-refractivity contribution < 1.29 is 0 Å². The number of fused-ring (bicyclic) bond motifs is 1. The van der Waals surface area contributed by atoms with Crippen molar-refractivity contribution in [1.29, 1.82) is 0 Å². The molecule has 0 saturated carbocycles. The van der Waals surface area contributed by atoms with Crippen LogP contribution in [-0.4, -0.2) is 14.8 Å². The van der Waals surface area contributed by atoms with Gasteiger partial charge in [-0.15, -0.1) is 0 Å². The van der Waals surface area contributed by atoms with Crippen LogP contribution < -0.4 is 0 Å². The van der Waals surface area contributed by atoms with Crippen molar-refractivity contribution in [3.05, 3.63) is 71.5 Å². The van der Waals surface area contributed by atoms with Crippen LogP contribution in [0.25, 0.3) is 27.8 Å². The van der Waals surface area contributed by atoms with Crippen molar-refractivity contribution in [2.24, 2.45) is 0 Å². The Morgan fingerprint density at radius 1 is 0.913 bits per heavy atom. The standard InChI is InChI=1S/C20H19N3/c1-13-9-10-18-17(11-13)20(23-15(3)12-14(2)22-23)19(21-18)16-7-5-4-6-8-16/h4-12,21H,1-3H3. The fourth-order valence-electron chi connectivity index (χ4n) is 3.18. The first-order valence-corrected chi connectivity index (χ1v) is 7.85. The number of benzene rings is 2. The van der Waals surface area contributed by atoms with Gasteiger partial charge in [0.1, 0.15) is 0 Å². The number of nitrogens with one attached hydrogen (secondary N) is 1. The molecule has 4 aromatic rings. The Hall–Kier alpha value is -2.81. The van der Waals surface area contributed by atoms with E-state index in [0.29, 0.717) is 0 Å². The molecule has 0 atom stereocenters. The van der Waals surface area contributed by atoms with Crippen LogP contribution in [0.1, 0.15) is 17.0 Å². The van der Waals surface area contributed by atoms with Crippen LogP contribution in [0.5, 0.6) is 0 Å². The molecule has 3 nitrogen and oxygen atoms in total. The van der Waals surface area contributed by atoms with Gasteiger partial charge < -0.3 is 4.98 Å². The van der Waals surface area contributed by atoms with Crippen molar-refractivity contribution in [3.8, 4) is 16.9 Å². The highest BCUT2D eigenvalue weighted by atomic mass is 15.3. The Balaban J connectivity index is 2.10. The third-order valence-corrected chi connectivity index (χ3v) is 4.21. The number of hydrogen-bond acceptors (Lipinski definition) is 1. The number of aromatic nitrogens is 3. The van der Waals surface area contributed by atoms with Gasteiger partial charge in [-0.05, 0) is 39.0 Å². The van der Waals surface area contributed by atoms with E-state index in [0.717, 1.165) is 28.3 Å². The smallest absolute Gasteiger partial charge is 0.0982 e. The number of aryl methyl sites for hydroxylation is 3. The van der Waals surface area contributed by atoms with Crippen LogP contribution in [0, 0.1) is 20.8 Å². The summed E-state index contributed by atoms with van der Waals surface area (Å²) in [6.07, 6.45) is 0. The molecule has 0 bridgehead atoms. The molecular weight excluding hydrogens is 282 g/mol. The fraction of sp³-hybridized carbons (Fsp3) is 0.150. The molecular formula is C20H19N3. The minimum Gasteiger partial charge on any atom is -0.353 e. The maximum Gasteiger partial charge on any atom is 0.0982 e. The summed E-state index contributed by atoms with van der Waals surface area (Å²) >= 11 is 0. The molecule has 0 spiro atoms. The summed E-state index contributed by atoms with van der Waals surface area (Å²) in [6, 6.07) is 19.1. The Bertz CT molecular complexity index is 991. The molecule has 1 N–H and O–H groups in total. The van der Waals surface area contributed by atoms with E-state index in [1.165, 1.54) is 16.5 Å². The first-order valence-electron chi connectivity index (χ1n) is 7.85. The number of aromatic amines is 1. The van der Waals surface area contributed by atoms with Gasteiger partial charge in [0.2, 0.25) is 0 Å². The van der Waals surface area contributed by atoms with Gasteiger partial charge in [-0.3, -0.25) is 0 Å². The monoisotopic (exact) mass is 301 g/mol. The van der Waals surface area contributed by atoms with Crippen LogP contribution in [-0.2, 0) is 0 Å². The molecule has 0 radical (unpaired) electrons. The average molecular weight is 301 g/mol. The highest BCUT2D eigenvalue weighted by Gasteiger charge is 2.17. The molecule has 0 fully saturated rings. The van der Waals surface area contributed by atoms with Gasteiger partial charge in [0.05, 0.1) is 17.1 Å². The second kappa shape index (κ2) is 5.13. The van der Waals surface area contributed by atoms with Crippen LogP contribution in [0.4, 0.5) is 0 Å². The Labute approximate surface area is 135 Å². The van der Waals surface area contributed by atoms with Crippen molar-refractivity contribution in [2.75, 3.05) is 0 Å². The normalized spacial score (nSPS) is 11.3. The van der Waals surface area contributed by atoms with Crippen LogP contribution >= 0.6 is 0 Å². The third-order valence-electron chi connectivity index (χ3n) is 4.21. The Morgan fingerprint density at radius 2 is 1.70 bits per heavy atom. The van der Waals surface area contributed by atoms with Gasteiger partial charge in [0.15, 0.2) is 0 Å². The summed E-state index contributed by atoms with van der Waals surface area (Å²) in [5.74, 6) is 0. The average Bonchev–Trinajstić information content (AvgIpc) is 3.07. The van der Waals surface area contributed by atoms with Crippen LogP contribution in [0.3, 0.4) is 0 Å². The molecule has 3 heteroatoms. The SMILES string of the molecule is Cc1ccc2[nH]c(-c3ccccc3)c(-n3nc(C)cc3C)c2c1. The Morgan fingerprint density at radius 3 is 2.39 bits per heavy atom. The first-order chi connectivity index (χ1) is 11.1. The van der Waals surface area contributed by atoms with Crippen molar-refractivity contribution in [1.82, 2.24) is 14.8 Å². The van der Waals surface area contributed by atoms with Crippen LogP contribution in [0.15, 0.2) is 54.6 Å². The zero-order valence-corrected chi connectivity index (χ0v) is 13.6. The van der Waals surface area contributed by atoms with Crippen molar-refractivity contribution in [2.45, 2.75) is 20.8 Å². The van der Waals surface area contributed by atoms with Gasteiger partial charge in [-0.25, -0.2) is 4.68 Å². The molecule has 0 aliphatic carbocycles. The quantitative estimate of drug-likeness (QED) is 0.558. The lowest BCUT2D eigenvalue weighted by Gasteiger charge is -2.08. The highest BCUT2D eigenvalue weighted by Crippen LogP contribution is 2.34. The summed E-state index contributed by atoms with van der Waals surface area (Å²) in [4.78, 5) is 3.58. The van der Waals surface area contributed by atoms with Crippen LogP contribution in [0.2, 0.25) is 0 Å². The van der Waals surface area contributed by atoms with Gasteiger partial charge >= 0.3 is 0 Å². The minimum atomic E-state index is 1.03. The molecule has 2 aromatic carbocycles. The van der Waals surface area contributed by atoms with E-state index >= 15 is 0 Å². The number of H-pyrrole nitrogens is 1. The molecule has 0 aliphatic rings. The number of nitrogens with zero attached hydrogens (tertiary/aromatic N) is 2. The van der Waals surface area contributed by atoms with Gasteiger partial charge in [-0.2, -0.15) is 5.10 Å². The van der Waals surface area contributed by atoms with Gasteiger partial charge in [-0.1, -0.05) is 42.0 Å². The fourth-order valence-corrected chi connectivity index (χ4v) is 3.18. The summed E-state index contributed by atoms with van der Waals surface area (Å²) < 4.78 is 2.05. The molecule has 2 aromatic heterocycles. The second-order valence-electron chi connectivity index (χ2n) is 6.10. The largest absolute Gasteiger partial charge is 0.353 e. The van der Waals surface area contributed by atoms with E-state index in [4.69, 9.17) is 5.10 Å². The highest BCUT2D eigenvalue weighted by molar-refractivity contribution is 5.97. The topological polar surface area (TPSA) is 33.6 Å². The third kappa shape index (κ3) is 2.25. The zero-order chi connectivity index (χ0) is 16.0. The summed E-state index contributed by atoms with van der Waals surface area (Å²) in [5.41, 5.74) is 7.96. The van der Waals surface area contributed by atoms with E-state index < -0.39 is 0 Å². The minimum absolute atomic E-state index is 1.03. The molecule has 4 rings (SSSR count). The first kappa shape index (κ1) is 13.8. The molecule has 114 valence electrons. The van der Waals surface area contributed by atoms with Gasteiger partial charge in [0.25, 0.3) is 0 Å². The molecule has 0 unspecified atom stereocenters. The summed E-state index contributed by atoms with van der Waals surface area (Å²) in [7, 11) is 0. The lowest BCUT2D eigenvalue weighted by atomic mass is 10.1. The lowest BCUT2D eigenvalue weighted by Crippen LogP contribution is -2.00. The van der Waals surface area contributed by atoms with E-state index in [1.807, 2.05) is 13.0 Å². The van der Waals surface area contributed by atoms with E-state index in [1.54, 1.807) is 0 Å². The molecule has 0 aliphatic heterocycles. The maximum atomic E-state index is 4.72. The molecule has 0 saturated heterocycles. The molecule has 23 heavy (non-hydrogen) atoms. The summed E-state index contributed by atoms with van der Waals surface area (Å²) in [5, 5.41) is 5.92. The van der Waals surface area contributed by atoms with Gasteiger partial charge in [0, 0.05) is 22.2 Å². The lowest BCUT2D eigenvalue weighted by molar-refractivity contribution is 0.841. The number of hydrogen-bond donors (Lipinski definition) is 1. The van der Waals surface area contributed by atoms with Crippen molar-refractivity contribution >= 4 is 10.9 Å². The van der Waals surface area contributed by atoms with Crippen molar-refractivity contribution in [3.63, 3.8) is 0 Å². The number of rotatable bonds is 2. The predicted octanol–water partition coefficient (Wildman–Crippen LogP) is 4.95. The maximum absolute atomic E-state index is 4.72. The molecule has 0 amide bonds.